The highest BCUT2D eigenvalue weighted by atomic mass is 16.5. The zero-order chi connectivity index (χ0) is 18.6. The second-order valence-electron chi connectivity index (χ2n) is 6.64. The van der Waals surface area contributed by atoms with Crippen molar-refractivity contribution in [1.29, 1.82) is 0 Å². The molecule has 27 heavy (non-hydrogen) atoms. The minimum absolute atomic E-state index is 0.0490. The maximum absolute atomic E-state index is 13.0. The van der Waals surface area contributed by atoms with E-state index in [1.807, 2.05) is 65.6 Å². The van der Waals surface area contributed by atoms with E-state index in [1.165, 1.54) is 0 Å². The van der Waals surface area contributed by atoms with Gasteiger partial charge in [0.05, 0.1) is 13.2 Å². The Labute approximate surface area is 159 Å². The van der Waals surface area contributed by atoms with Gasteiger partial charge in [-0.3, -0.25) is 0 Å². The molecule has 0 bridgehead atoms. The number of methoxy groups -OCH3 is 1. The maximum Gasteiger partial charge on any atom is 0.318 e. The molecule has 0 unspecified atom stereocenters. The fourth-order valence-corrected chi connectivity index (χ4v) is 3.61. The largest absolute Gasteiger partial charge is 0.497 e. The molecule has 138 valence electrons. The summed E-state index contributed by atoms with van der Waals surface area (Å²) in [5.74, 6) is 0.810. The average molecular weight is 361 g/mol. The van der Waals surface area contributed by atoms with Gasteiger partial charge in [-0.05, 0) is 35.4 Å². The summed E-state index contributed by atoms with van der Waals surface area (Å²) in [6, 6.07) is 21.9. The molecule has 0 fully saturated rings. The van der Waals surface area contributed by atoms with Gasteiger partial charge in [0.1, 0.15) is 5.75 Å². The van der Waals surface area contributed by atoms with Gasteiger partial charge >= 0.3 is 6.03 Å². The molecule has 0 saturated heterocycles. The van der Waals surface area contributed by atoms with Gasteiger partial charge in [-0.15, -0.1) is 0 Å². The van der Waals surface area contributed by atoms with Crippen molar-refractivity contribution in [2.24, 2.45) is 0 Å². The van der Waals surface area contributed by atoms with E-state index in [4.69, 9.17) is 4.74 Å². The zero-order valence-electron chi connectivity index (χ0n) is 15.3. The SMILES string of the molecule is COc1ccc([C@@H]2c3cccn3CCN2C(=O)NCc2ccccc2)cc1. The van der Waals surface area contributed by atoms with Crippen LogP contribution in [-0.4, -0.2) is 29.2 Å². The van der Waals surface area contributed by atoms with Crippen LogP contribution < -0.4 is 10.1 Å². The summed E-state index contributed by atoms with van der Waals surface area (Å²) in [5.41, 5.74) is 3.29. The van der Waals surface area contributed by atoms with E-state index in [2.05, 4.69) is 22.1 Å². The van der Waals surface area contributed by atoms with E-state index >= 15 is 0 Å². The minimum atomic E-state index is -0.115. The predicted molar refractivity (Wildman–Crippen MR) is 105 cm³/mol. The van der Waals surface area contributed by atoms with E-state index in [1.54, 1.807) is 7.11 Å². The smallest absolute Gasteiger partial charge is 0.318 e. The summed E-state index contributed by atoms with van der Waals surface area (Å²) < 4.78 is 7.49. The van der Waals surface area contributed by atoms with Crippen LogP contribution in [0.15, 0.2) is 72.9 Å². The van der Waals surface area contributed by atoms with Crippen molar-refractivity contribution < 1.29 is 9.53 Å². The molecular weight excluding hydrogens is 338 g/mol. The number of nitrogens with zero attached hydrogens (tertiary/aromatic N) is 2. The highest BCUT2D eigenvalue weighted by Gasteiger charge is 2.32. The van der Waals surface area contributed by atoms with E-state index in [9.17, 15) is 4.79 Å². The fraction of sp³-hybridized carbons (Fsp3) is 0.227. The first-order chi connectivity index (χ1) is 13.3. The van der Waals surface area contributed by atoms with Crippen LogP contribution in [0.4, 0.5) is 4.79 Å². The predicted octanol–water partition coefficient (Wildman–Crippen LogP) is 3.81. The third-order valence-corrected chi connectivity index (χ3v) is 5.02. The number of nitrogens with one attached hydrogen (secondary N) is 1. The van der Waals surface area contributed by atoms with Crippen LogP contribution in [0.5, 0.6) is 5.75 Å². The number of ether oxygens (including phenoxy) is 1. The first kappa shape index (κ1) is 17.2. The summed E-state index contributed by atoms with van der Waals surface area (Å²) in [4.78, 5) is 14.9. The molecule has 1 aliphatic rings. The molecule has 0 radical (unpaired) electrons. The zero-order valence-corrected chi connectivity index (χ0v) is 15.3. The Morgan fingerprint density at radius 3 is 2.56 bits per heavy atom. The number of urea groups is 1. The summed E-state index contributed by atoms with van der Waals surface area (Å²) in [6.07, 6.45) is 2.07. The van der Waals surface area contributed by atoms with Crippen LogP contribution in [0.25, 0.3) is 0 Å². The number of benzene rings is 2. The lowest BCUT2D eigenvalue weighted by molar-refractivity contribution is 0.168. The number of fused-ring (bicyclic) bond motifs is 1. The van der Waals surface area contributed by atoms with Crippen LogP contribution in [-0.2, 0) is 13.1 Å². The lowest BCUT2D eigenvalue weighted by atomic mass is 10.00. The van der Waals surface area contributed by atoms with E-state index in [0.29, 0.717) is 13.1 Å². The molecule has 5 heteroatoms. The minimum Gasteiger partial charge on any atom is -0.497 e. The first-order valence-electron chi connectivity index (χ1n) is 9.13. The normalized spacial score (nSPS) is 15.9. The van der Waals surface area contributed by atoms with Crippen molar-refractivity contribution in [1.82, 2.24) is 14.8 Å². The van der Waals surface area contributed by atoms with Crippen molar-refractivity contribution in [3.8, 4) is 5.75 Å². The quantitative estimate of drug-likeness (QED) is 0.768. The van der Waals surface area contributed by atoms with Crippen molar-refractivity contribution in [2.45, 2.75) is 19.1 Å². The van der Waals surface area contributed by atoms with E-state index in [-0.39, 0.29) is 12.1 Å². The lowest BCUT2D eigenvalue weighted by Crippen LogP contribution is -2.47. The molecule has 1 aliphatic heterocycles. The number of hydrogen-bond donors (Lipinski definition) is 1. The Morgan fingerprint density at radius 2 is 1.81 bits per heavy atom. The Kier molecular flexibility index (Phi) is 4.83. The molecule has 0 spiro atoms. The van der Waals surface area contributed by atoms with E-state index in [0.717, 1.165) is 29.1 Å². The molecule has 0 aliphatic carbocycles. The molecule has 1 N–H and O–H groups in total. The van der Waals surface area contributed by atoms with Gasteiger partial charge in [0, 0.05) is 31.5 Å². The molecule has 1 aromatic heterocycles. The summed E-state index contributed by atoms with van der Waals surface area (Å²) in [6.45, 7) is 1.99. The molecule has 3 aromatic rings. The number of hydrogen-bond acceptors (Lipinski definition) is 2. The van der Waals surface area contributed by atoms with Gasteiger partial charge in [-0.2, -0.15) is 0 Å². The topological polar surface area (TPSA) is 46.5 Å². The summed E-state index contributed by atoms with van der Waals surface area (Å²) >= 11 is 0. The molecule has 5 nitrogen and oxygen atoms in total. The third kappa shape index (κ3) is 3.53. The van der Waals surface area contributed by atoms with Gasteiger partial charge in [-0.1, -0.05) is 42.5 Å². The Bertz CT molecular complexity index is 903. The number of amides is 2. The second kappa shape index (κ2) is 7.58. The monoisotopic (exact) mass is 361 g/mol. The van der Waals surface area contributed by atoms with Gasteiger partial charge in [0.2, 0.25) is 0 Å². The first-order valence-corrected chi connectivity index (χ1v) is 9.13. The molecule has 2 heterocycles. The Hall–Kier alpha value is -3.21. The molecule has 2 amide bonds. The van der Waals surface area contributed by atoms with Crippen molar-refractivity contribution in [3.05, 3.63) is 89.7 Å². The number of rotatable bonds is 4. The molecule has 0 saturated carbocycles. The fourth-order valence-electron chi connectivity index (χ4n) is 3.61. The molecule has 2 aromatic carbocycles. The Balaban J connectivity index is 1.59. The second-order valence-corrected chi connectivity index (χ2v) is 6.64. The van der Waals surface area contributed by atoms with Crippen LogP contribution in [0.2, 0.25) is 0 Å². The third-order valence-electron chi connectivity index (χ3n) is 5.02. The van der Waals surface area contributed by atoms with Crippen LogP contribution in [0.1, 0.15) is 22.9 Å². The van der Waals surface area contributed by atoms with Crippen molar-refractivity contribution >= 4 is 6.03 Å². The summed E-state index contributed by atoms with van der Waals surface area (Å²) in [5, 5.41) is 3.07. The maximum atomic E-state index is 13.0. The van der Waals surface area contributed by atoms with E-state index < -0.39 is 0 Å². The molecule has 4 rings (SSSR count). The van der Waals surface area contributed by atoms with Gasteiger partial charge in [-0.25, -0.2) is 4.79 Å². The highest BCUT2D eigenvalue weighted by molar-refractivity contribution is 5.75. The number of carbonyl (C=O) groups excluding carboxylic acids is 1. The number of carbonyl (C=O) groups is 1. The van der Waals surface area contributed by atoms with Crippen molar-refractivity contribution in [2.75, 3.05) is 13.7 Å². The van der Waals surface area contributed by atoms with Crippen LogP contribution >= 0.6 is 0 Å². The summed E-state index contributed by atoms with van der Waals surface area (Å²) in [7, 11) is 1.66. The molecular formula is C22H23N3O2. The average Bonchev–Trinajstić information content (AvgIpc) is 3.21. The van der Waals surface area contributed by atoms with Crippen molar-refractivity contribution in [3.63, 3.8) is 0 Å². The molecule has 1 atom stereocenters. The van der Waals surface area contributed by atoms with Gasteiger partial charge in [0.15, 0.2) is 0 Å². The van der Waals surface area contributed by atoms with Crippen LogP contribution in [0, 0.1) is 0 Å². The van der Waals surface area contributed by atoms with Gasteiger partial charge < -0.3 is 19.5 Å². The Morgan fingerprint density at radius 1 is 1.04 bits per heavy atom. The number of aromatic nitrogens is 1. The van der Waals surface area contributed by atoms with Crippen LogP contribution in [0.3, 0.4) is 0 Å². The lowest BCUT2D eigenvalue weighted by Gasteiger charge is -2.37. The standard InChI is InChI=1S/C22H23N3O2/c1-27-19-11-9-18(10-12-19)21-20-8-5-13-24(20)14-15-25(21)22(26)23-16-17-6-3-2-4-7-17/h2-13,21H,14-16H2,1H3,(H,23,26)/t21-/m1/s1. The highest BCUT2D eigenvalue weighted by Crippen LogP contribution is 2.33. The van der Waals surface area contributed by atoms with Gasteiger partial charge in [0.25, 0.3) is 0 Å².